The van der Waals surface area contributed by atoms with E-state index in [2.05, 4.69) is 32.9 Å². The summed E-state index contributed by atoms with van der Waals surface area (Å²) in [6.45, 7) is 10.1. The van der Waals surface area contributed by atoms with Gasteiger partial charge in [0.05, 0.1) is 5.56 Å². The summed E-state index contributed by atoms with van der Waals surface area (Å²) in [5, 5.41) is 30.2. The van der Waals surface area contributed by atoms with Gasteiger partial charge in [-0.25, -0.2) is 0 Å². The van der Waals surface area contributed by atoms with Gasteiger partial charge in [-0.2, -0.15) is 0 Å². The van der Waals surface area contributed by atoms with Gasteiger partial charge in [0.15, 0.2) is 0 Å². The normalized spacial score (nSPS) is 13.7. The van der Waals surface area contributed by atoms with E-state index < -0.39 is 6.10 Å². The Morgan fingerprint density at radius 2 is 1.44 bits per heavy atom. The molecule has 1 aromatic carbocycles. The van der Waals surface area contributed by atoms with E-state index in [0.29, 0.717) is 0 Å². The van der Waals surface area contributed by atoms with Crippen molar-refractivity contribution in [3.05, 3.63) is 58.2 Å². The van der Waals surface area contributed by atoms with Crippen molar-refractivity contribution >= 4 is 0 Å². The highest BCUT2D eigenvalue weighted by Crippen LogP contribution is 2.35. The number of hydrogen-bond acceptors (Lipinski definition) is 3. The lowest BCUT2D eigenvalue weighted by Crippen LogP contribution is -1.97. The maximum atomic E-state index is 10.3. The number of phenolic OH excluding ortho intramolecular Hbond substituents is 2. The van der Waals surface area contributed by atoms with Crippen LogP contribution in [0.1, 0.15) is 70.6 Å². The van der Waals surface area contributed by atoms with Gasteiger partial charge in [0.2, 0.25) is 0 Å². The average Bonchev–Trinajstić information content (AvgIpc) is 2.45. The van der Waals surface area contributed by atoms with Gasteiger partial charge in [0.1, 0.15) is 17.6 Å². The molecule has 3 heteroatoms. The van der Waals surface area contributed by atoms with E-state index >= 15 is 0 Å². The molecule has 0 saturated heterocycles. The van der Waals surface area contributed by atoms with E-state index in [0.717, 1.165) is 36.8 Å². The van der Waals surface area contributed by atoms with Crippen molar-refractivity contribution in [1.29, 1.82) is 0 Å². The lowest BCUT2D eigenvalue weighted by molar-refractivity contribution is 0.217. The van der Waals surface area contributed by atoms with Crippen LogP contribution in [0.15, 0.2) is 47.1 Å². The highest BCUT2D eigenvalue weighted by molar-refractivity contribution is 5.48. The molecule has 0 bridgehead atoms. The third kappa shape index (κ3) is 7.61. The lowest BCUT2D eigenvalue weighted by Gasteiger charge is -2.13. The van der Waals surface area contributed by atoms with Crippen LogP contribution in [0, 0.1) is 6.92 Å². The molecule has 138 valence electrons. The summed E-state index contributed by atoms with van der Waals surface area (Å²) in [7, 11) is 0. The maximum Gasteiger partial charge on any atom is 0.125 e. The molecule has 0 saturated carbocycles. The van der Waals surface area contributed by atoms with Gasteiger partial charge >= 0.3 is 0 Å². The number of rotatable bonds is 8. The van der Waals surface area contributed by atoms with Crippen LogP contribution < -0.4 is 0 Å². The maximum absolute atomic E-state index is 10.3. The molecule has 0 radical (unpaired) electrons. The predicted molar refractivity (Wildman–Crippen MR) is 105 cm³/mol. The number of aliphatic hydroxyl groups excluding tert-OH is 1. The van der Waals surface area contributed by atoms with E-state index in [9.17, 15) is 15.3 Å². The number of hydrogen-bond donors (Lipinski definition) is 3. The van der Waals surface area contributed by atoms with Crippen LogP contribution in [0.3, 0.4) is 0 Å². The second-order valence-electron chi connectivity index (χ2n) is 7.08. The molecular weight excluding hydrogens is 312 g/mol. The zero-order valence-electron chi connectivity index (χ0n) is 16.1. The molecule has 0 aliphatic heterocycles. The Labute approximate surface area is 152 Å². The molecule has 1 unspecified atom stereocenters. The Balaban J connectivity index is 2.62. The summed E-state index contributed by atoms with van der Waals surface area (Å²) in [6.07, 6.45) is 9.07. The van der Waals surface area contributed by atoms with Crippen molar-refractivity contribution in [2.24, 2.45) is 0 Å². The SMILES string of the molecule is CC(C)=CCC/C(C)=C\CCC(C)=CC(O)c1c(O)cc(C)cc1O. The van der Waals surface area contributed by atoms with Gasteiger partial charge in [-0.15, -0.1) is 0 Å². The quantitative estimate of drug-likeness (QED) is 0.518. The predicted octanol–water partition coefficient (Wildman–Crippen LogP) is 5.86. The number of phenols is 2. The minimum Gasteiger partial charge on any atom is -0.507 e. The average molecular weight is 344 g/mol. The highest BCUT2D eigenvalue weighted by Gasteiger charge is 2.15. The lowest BCUT2D eigenvalue weighted by atomic mass is 10.0. The van der Waals surface area contributed by atoms with Crippen LogP contribution in [-0.4, -0.2) is 15.3 Å². The van der Waals surface area contributed by atoms with Crippen LogP contribution in [0.2, 0.25) is 0 Å². The largest absolute Gasteiger partial charge is 0.507 e. The summed E-state index contributed by atoms with van der Waals surface area (Å²) in [6, 6.07) is 3.08. The number of aromatic hydroxyl groups is 2. The Morgan fingerprint density at radius 3 is 2.00 bits per heavy atom. The smallest absolute Gasteiger partial charge is 0.125 e. The Morgan fingerprint density at radius 1 is 0.920 bits per heavy atom. The standard InChI is InChI=1S/C22H32O3/c1-15(2)8-6-9-16(3)10-7-11-17(4)12-19(23)22-20(24)13-18(5)14-21(22)25/h8,10,12-14,19,23-25H,6-7,9,11H2,1-5H3/b16-10-,17-12?. The van der Waals surface area contributed by atoms with Crippen molar-refractivity contribution in [2.75, 3.05) is 0 Å². The molecule has 0 fully saturated rings. The van der Waals surface area contributed by atoms with Crippen molar-refractivity contribution in [1.82, 2.24) is 0 Å². The van der Waals surface area contributed by atoms with E-state index in [1.807, 2.05) is 6.92 Å². The topological polar surface area (TPSA) is 60.7 Å². The first-order chi connectivity index (χ1) is 11.7. The number of aliphatic hydroxyl groups is 1. The molecule has 1 rings (SSSR count). The monoisotopic (exact) mass is 344 g/mol. The third-order valence-corrected chi connectivity index (χ3v) is 4.14. The first-order valence-electron chi connectivity index (χ1n) is 8.87. The van der Waals surface area contributed by atoms with Crippen LogP contribution in [0.5, 0.6) is 11.5 Å². The molecule has 0 heterocycles. The molecule has 0 spiro atoms. The molecule has 1 aromatic rings. The molecule has 0 aliphatic carbocycles. The fraction of sp³-hybridized carbons (Fsp3) is 0.455. The van der Waals surface area contributed by atoms with Crippen molar-refractivity contribution in [2.45, 2.75) is 66.4 Å². The molecule has 0 aromatic heterocycles. The van der Waals surface area contributed by atoms with Gasteiger partial charge in [0, 0.05) is 0 Å². The summed E-state index contributed by atoms with van der Waals surface area (Å²) in [4.78, 5) is 0. The van der Waals surface area contributed by atoms with Crippen LogP contribution in [0.4, 0.5) is 0 Å². The van der Waals surface area contributed by atoms with Gasteiger partial charge < -0.3 is 15.3 Å². The molecule has 0 aliphatic rings. The summed E-state index contributed by atoms with van der Waals surface area (Å²) >= 11 is 0. The van der Waals surface area contributed by atoms with Crippen LogP contribution in [-0.2, 0) is 0 Å². The number of allylic oxidation sites excluding steroid dienone is 5. The summed E-state index contributed by atoms with van der Waals surface area (Å²) in [5.74, 6) is -0.159. The first kappa shape index (κ1) is 21.0. The Kier molecular flexibility index (Phi) is 8.50. The molecule has 0 amide bonds. The second kappa shape index (κ2) is 10.1. The fourth-order valence-electron chi connectivity index (χ4n) is 2.74. The fourth-order valence-corrected chi connectivity index (χ4v) is 2.74. The van der Waals surface area contributed by atoms with Crippen molar-refractivity contribution in [3.63, 3.8) is 0 Å². The van der Waals surface area contributed by atoms with E-state index in [1.54, 1.807) is 25.1 Å². The minimum absolute atomic E-state index is 0.0796. The first-order valence-corrected chi connectivity index (χ1v) is 8.87. The van der Waals surface area contributed by atoms with E-state index in [4.69, 9.17) is 0 Å². The van der Waals surface area contributed by atoms with E-state index in [-0.39, 0.29) is 17.1 Å². The van der Waals surface area contributed by atoms with Crippen molar-refractivity contribution < 1.29 is 15.3 Å². The Hall–Kier alpha value is -2.00. The van der Waals surface area contributed by atoms with Crippen LogP contribution >= 0.6 is 0 Å². The third-order valence-electron chi connectivity index (χ3n) is 4.14. The minimum atomic E-state index is -1.01. The van der Waals surface area contributed by atoms with Gasteiger partial charge in [-0.3, -0.25) is 0 Å². The summed E-state index contributed by atoms with van der Waals surface area (Å²) in [5.41, 5.74) is 4.67. The zero-order valence-corrected chi connectivity index (χ0v) is 16.1. The second-order valence-corrected chi connectivity index (χ2v) is 7.08. The van der Waals surface area contributed by atoms with E-state index in [1.165, 1.54) is 11.1 Å². The molecule has 3 nitrogen and oxygen atoms in total. The Bertz CT molecular complexity index is 639. The highest BCUT2D eigenvalue weighted by atomic mass is 16.3. The molecular formula is C22H32O3. The van der Waals surface area contributed by atoms with Gasteiger partial charge in [-0.05, 0) is 78.0 Å². The van der Waals surface area contributed by atoms with Gasteiger partial charge in [-0.1, -0.05) is 34.9 Å². The number of aryl methyl sites for hydroxylation is 1. The molecule has 25 heavy (non-hydrogen) atoms. The van der Waals surface area contributed by atoms with Crippen molar-refractivity contribution in [3.8, 4) is 11.5 Å². The summed E-state index contributed by atoms with van der Waals surface area (Å²) < 4.78 is 0. The van der Waals surface area contributed by atoms with Gasteiger partial charge in [0.25, 0.3) is 0 Å². The molecule has 3 N–H and O–H groups in total. The zero-order chi connectivity index (χ0) is 19.0. The van der Waals surface area contributed by atoms with Crippen LogP contribution in [0.25, 0.3) is 0 Å². The molecule has 1 atom stereocenters. The number of benzene rings is 1.